The Bertz CT molecular complexity index is 1200. The fourth-order valence-electron chi connectivity index (χ4n) is 3.29. The molecule has 10 nitrogen and oxygen atoms in total. The largest absolute Gasteiger partial charge is 0.493 e. The summed E-state index contributed by atoms with van der Waals surface area (Å²) in [7, 11) is 4.72. The van der Waals surface area contributed by atoms with Crippen LogP contribution in [0.1, 0.15) is 19.9 Å². The molecule has 1 aromatic carbocycles. The van der Waals surface area contributed by atoms with Crippen molar-refractivity contribution in [2.75, 3.05) is 32.0 Å². The molecule has 0 saturated carbocycles. The molecule has 0 aliphatic heterocycles. The zero-order chi connectivity index (χ0) is 22.7. The first-order valence-electron chi connectivity index (χ1n) is 10.0. The lowest BCUT2D eigenvalue weighted by Crippen LogP contribution is -2.06. The van der Waals surface area contributed by atoms with E-state index < -0.39 is 0 Å². The van der Waals surface area contributed by atoms with Crippen LogP contribution in [0.4, 0.5) is 23.1 Å². The molecule has 0 spiro atoms. The third kappa shape index (κ3) is 4.07. The summed E-state index contributed by atoms with van der Waals surface area (Å²) in [6.07, 6.45) is 5.17. The standard InChI is InChI=1S/C22H25N7O3/c1-13(2)29-12-24-18-20(25-15-10-16(30-3)19(32-5)17(11-15)31-4)27-22(28-21(18)29)26-14-6-8-23-9-7-14/h6-13H,1-5H3,(H2,23,25,26,27,28). The number of aromatic nitrogens is 5. The van der Waals surface area contributed by atoms with E-state index in [9.17, 15) is 0 Å². The van der Waals surface area contributed by atoms with Crippen LogP contribution >= 0.6 is 0 Å². The Morgan fingerprint density at radius 2 is 1.56 bits per heavy atom. The number of hydrogen-bond donors (Lipinski definition) is 2. The Morgan fingerprint density at radius 3 is 2.16 bits per heavy atom. The highest BCUT2D eigenvalue weighted by molar-refractivity contribution is 5.87. The van der Waals surface area contributed by atoms with Gasteiger partial charge in [-0.05, 0) is 26.0 Å². The van der Waals surface area contributed by atoms with Gasteiger partial charge in [-0.1, -0.05) is 0 Å². The zero-order valence-electron chi connectivity index (χ0n) is 18.6. The molecule has 0 aliphatic rings. The van der Waals surface area contributed by atoms with Gasteiger partial charge in [-0.25, -0.2) is 4.98 Å². The van der Waals surface area contributed by atoms with Crippen molar-refractivity contribution in [1.82, 2.24) is 24.5 Å². The van der Waals surface area contributed by atoms with Crippen molar-refractivity contribution >= 4 is 34.3 Å². The van der Waals surface area contributed by atoms with Gasteiger partial charge in [0.05, 0.1) is 27.7 Å². The van der Waals surface area contributed by atoms with Crippen molar-refractivity contribution in [2.24, 2.45) is 0 Å². The lowest BCUT2D eigenvalue weighted by Gasteiger charge is -2.16. The summed E-state index contributed by atoms with van der Waals surface area (Å²) < 4.78 is 18.3. The summed E-state index contributed by atoms with van der Waals surface area (Å²) >= 11 is 0. The Balaban J connectivity index is 1.81. The summed E-state index contributed by atoms with van der Waals surface area (Å²) in [5, 5.41) is 6.56. The van der Waals surface area contributed by atoms with E-state index >= 15 is 0 Å². The fraction of sp³-hybridized carbons (Fsp3) is 0.273. The van der Waals surface area contributed by atoms with Gasteiger partial charge in [-0.2, -0.15) is 9.97 Å². The molecule has 0 saturated heterocycles. The van der Waals surface area contributed by atoms with Gasteiger partial charge in [0, 0.05) is 41.9 Å². The van der Waals surface area contributed by atoms with E-state index in [1.807, 2.05) is 28.8 Å². The third-order valence-corrected chi connectivity index (χ3v) is 4.84. The average Bonchev–Trinajstić information content (AvgIpc) is 3.23. The Kier molecular flexibility index (Phi) is 5.93. The number of pyridine rings is 1. The molecule has 3 heterocycles. The maximum absolute atomic E-state index is 5.47. The normalized spacial score (nSPS) is 10.9. The minimum absolute atomic E-state index is 0.178. The van der Waals surface area contributed by atoms with Crippen LogP contribution in [-0.2, 0) is 0 Å². The van der Waals surface area contributed by atoms with Crippen LogP contribution in [0, 0.1) is 0 Å². The van der Waals surface area contributed by atoms with Gasteiger partial charge in [-0.15, -0.1) is 0 Å². The molecule has 0 fully saturated rings. The van der Waals surface area contributed by atoms with Crippen LogP contribution in [-0.4, -0.2) is 45.8 Å². The average molecular weight is 435 g/mol. The molecule has 0 bridgehead atoms. The first-order valence-corrected chi connectivity index (χ1v) is 10.0. The molecule has 0 amide bonds. The number of benzene rings is 1. The van der Waals surface area contributed by atoms with Gasteiger partial charge in [0.2, 0.25) is 11.7 Å². The van der Waals surface area contributed by atoms with E-state index in [4.69, 9.17) is 19.2 Å². The number of nitrogens with zero attached hydrogens (tertiary/aromatic N) is 5. The molecule has 4 aromatic rings. The molecule has 0 aliphatic carbocycles. The molecule has 10 heteroatoms. The van der Waals surface area contributed by atoms with Gasteiger partial charge < -0.3 is 29.4 Å². The molecule has 4 rings (SSSR count). The second-order valence-corrected chi connectivity index (χ2v) is 7.21. The summed E-state index contributed by atoms with van der Waals surface area (Å²) in [6, 6.07) is 7.49. The molecule has 0 atom stereocenters. The van der Waals surface area contributed by atoms with Crippen LogP contribution in [0.3, 0.4) is 0 Å². The predicted octanol–water partition coefficient (Wildman–Crippen LogP) is 4.32. The predicted molar refractivity (Wildman–Crippen MR) is 123 cm³/mol. The lowest BCUT2D eigenvalue weighted by molar-refractivity contribution is 0.324. The van der Waals surface area contributed by atoms with Crippen LogP contribution in [0.15, 0.2) is 43.0 Å². The van der Waals surface area contributed by atoms with Crippen molar-refractivity contribution in [3.63, 3.8) is 0 Å². The Morgan fingerprint density at radius 1 is 0.875 bits per heavy atom. The lowest BCUT2D eigenvalue weighted by atomic mass is 10.2. The SMILES string of the molecule is COc1cc(Nc2nc(Nc3ccncc3)nc3c2ncn3C(C)C)cc(OC)c1OC. The van der Waals surface area contributed by atoms with E-state index in [0.29, 0.717) is 45.9 Å². The van der Waals surface area contributed by atoms with Crippen molar-refractivity contribution in [3.8, 4) is 17.2 Å². The van der Waals surface area contributed by atoms with Crippen LogP contribution in [0.25, 0.3) is 11.2 Å². The molecule has 0 unspecified atom stereocenters. The van der Waals surface area contributed by atoms with Gasteiger partial charge >= 0.3 is 0 Å². The van der Waals surface area contributed by atoms with E-state index in [2.05, 4.69) is 39.4 Å². The minimum Gasteiger partial charge on any atom is -0.493 e. The monoisotopic (exact) mass is 435 g/mol. The first-order chi connectivity index (χ1) is 15.5. The number of methoxy groups -OCH3 is 3. The van der Waals surface area contributed by atoms with Gasteiger partial charge in [0.25, 0.3) is 0 Å². The van der Waals surface area contributed by atoms with E-state index in [-0.39, 0.29) is 6.04 Å². The maximum Gasteiger partial charge on any atom is 0.231 e. The van der Waals surface area contributed by atoms with Crippen molar-refractivity contribution < 1.29 is 14.2 Å². The van der Waals surface area contributed by atoms with Crippen LogP contribution in [0.5, 0.6) is 17.2 Å². The maximum atomic E-state index is 5.47. The van der Waals surface area contributed by atoms with Crippen molar-refractivity contribution in [2.45, 2.75) is 19.9 Å². The summed E-state index contributed by atoms with van der Waals surface area (Å²) in [5.74, 6) is 2.55. The van der Waals surface area contributed by atoms with E-state index in [0.717, 1.165) is 5.69 Å². The highest BCUT2D eigenvalue weighted by Crippen LogP contribution is 2.41. The highest BCUT2D eigenvalue weighted by atomic mass is 16.5. The Hall–Kier alpha value is -4.08. The second kappa shape index (κ2) is 8.96. The number of imidazole rings is 1. The number of anilines is 4. The van der Waals surface area contributed by atoms with E-state index in [1.165, 1.54) is 0 Å². The topological polar surface area (TPSA) is 108 Å². The number of rotatable bonds is 8. The molecular weight excluding hydrogens is 410 g/mol. The second-order valence-electron chi connectivity index (χ2n) is 7.21. The van der Waals surface area contributed by atoms with Gasteiger partial charge in [0.1, 0.15) is 0 Å². The first kappa shape index (κ1) is 21.2. The highest BCUT2D eigenvalue weighted by Gasteiger charge is 2.18. The van der Waals surface area contributed by atoms with E-state index in [1.54, 1.807) is 40.1 Å². The molecule has 166 valence electrons. The smallest absolute Gasteiger partial charge is 0.231 e. The molecule has 0 radical (unpaired) electrons. The molecule has 2 N–H and O–H groups in total. The number of hydrogen-bond acceptors (Lipinski definition) is 9. The zero-order valence-corrected chi connectivity index (χ0v) is 18.6. The number of fused-ring (bicyclic) bond motifs is 1. The summed E-state index contributed by atoms with van der Waals surface area (Å²) in [6.45, 7) is 4.15. The van der Waals surface area contributed by atoms with Crippen molar-refractivity contribution in [1.29, 1.82) is 0 Å². The third-order valence-electron chi connectivity index (χ3n) is 4.84. The molecule has 32 heavy (non-hydrogen) atoms. The van der Waals surface area contributed by atoms with Gasteiger partial charge in [-0.3, -0.25) is 4.98 Å². The number of ether oxygens (including phenoxy) is 3. The Labute approximate surface area is 185 Å². The van der Waals surface area contributed by atoms with Gasteiger partial charge in [0.15, 0.2) is 28.5 Å². The van der Waals surface area contributed by atoms with Crippen LogP contribution in [0.2, 0.25) is 0 Å². The summed E-state index contributed by atoms with van der Waals surface area (Å²) in [5.41, 5.74) is 2.89. The van der Waals surface area contributed by atoms with Crippen molar-refractivity contribution in [3.05, 3.63) is 43.0 Å². The summed E-state index contributed by atoms with van der Waals surface area (Å²) in [4.78, 5) is 18.0. The molecular formula is C22H25N7O3. The number of nitrogens with one attached hydrogen (secondary N) is 2. The van der Waals surface area contributed by atoms with Crippen LogP contribution < -0.4 is 24.8 Å². The fourth-order valence-corrected chi connectivity index (χ4v) is 3.29. The quantitative estimate of drug-likeness (QED) is 0.418. The molecule has 3 aromatic heterocycles. The minimum atomic E-state index is 0.178.